The number of aryl methyl sites for hydroxylation is 1. The van der Waals surface area contributed by atoms with Crippen molar-refractivity contribution in [1.82, 2.24) is 4.90 Å². The molecular weight excluding hydrogens is 411 g/mol. The van der Waals surface area contributed by atoms with E-state index in [-0.39, 0.29) is 17.5 Å². The van der Waals surface area contributed by atoms with E-state index in [0.717, 1.165) is 44.5 Å². The molecule has 168 valence electrons. The number of halogens is 3. The van der Waals surface area contributed by atoms with Crippen molar-refractivity contribution in [2.24, 2.45) is 0 Å². The van der Waals surface area contributed by atoms with Gasteiger partial charge in [0.25, 0.3) is 0 Å². The minimum absolute atomic E-state index is 0.208. The SMILES string of the molecule is OC1(c2ccc(F)c(-c3ccc(F)cc3)c2)CCN(CCCCc2ccc(F)cc2)CC1. The molecule has 5 heteroatoms. The van der Waals surface area contributed by atoms with Gasteiger partial charge in [-0.25, -0.2) is 13.2 Å². The first-order valence-electron chi connectivity index (χ1n) is 11.2. The Hall–Kier alpha value is -2.63. The summed E-state index contributed by atoms with van der Waals surface area (Å²) in [6, 6.07) is 17.1. The van der Waals surface area contributed by atoms with Crippen molar-refractivity contribution in [2.45, 2.75) is 37.7 Å². The van der Waals surface area contributed by atoms with Gasteiger partial charge in [0.15, 0.2) is 0 Å². The summed E-state index contributed by atoms with van der Waals surface area (Å²) in [5.41, 5.74) is 1.82. The van der Waals surface area contributed by atoms with Crippen molar-refractivity contribution in [3.63, 3.8) is 0 Å². The molecule has 1 heterocycles. The van der Waals surface area contributed by atoms with Crippen LogP contribution < -0.4 is 0 Å². The van der Waals surface area contributed by atoms with E-state index in [4.69, 9.17) is 0 Å². The Labute approximate surface area is 187 Å². The number of piperidine rings is 1. The topological polar surface area (TPSA) is 23.5 Å². The van der Waals surface area contributed by atoms with Crippen LogP contribution in [0.2, 0.25) is 0 Å². The predicted octanol–water partition coefficient (Wildman–Crippen LogP) is 6.08. The van der Waals surface area contributed by atoms with Crippen LogP contribution in [0.4, 0.5) is 13.2 Å². The molecule has 3 aromatic carbocycles. The Kier molecular flexibility index (Phi) is 6.97. The van der Waals surface area contributed by atoms with Crippen LogP contribution in [0.1, 0.15) is 36.8 Å². The number of hydrogen-bond donors (Lipinski definition) is 1. The summed E-state index contributed by atoms with van der Waals surface area (Å²) in [5, 5.41) is 11.3. The summed E-state index contributed by atoms with van der Waals surface area (Å²) < 4.78 is 40.6. The highest BCUT2D eigenvalue weighted by Gasteiger charge is 2.34. The van der Waals surface area contributed by atoms with Crippen LogP contribution >= 0.6 is 0 Å². The number of unbranched alkanes of at least 4 members (excludes halogenated alkanes) is 1. The van der Waals surface area contributed by atoms with Crippen LogP contribution in [0.25, 0.3) is 11.1 Å². The quantitative estimate of drug-likeness (QED) is 0.451. The van der Waals surface area contributed by atoms with E-state index in [2.05, 4.69) is 4.90 Å². The number of likely N-dealkylation sites (tertiary alicyclic amines) is 1. The Morgan fingerprint density at radius 3 is 2.06 bits per heavy atom. The van der Waals surface area contributed by atoms with Gasteiger partial charge in [0.1, 0.15) is 17.5 Å². The first-order valence-corrected chi connectivity index (χ1v) is 11.2. The highest BCUT2D eigenvalue weighted by molar-refractivity contribution is 5.65. The van der Waals surface area contributed by atoms with Crippen LogP contribution in [-0.2, 0) is 12.0 Å². The van der Waals surface area contributed by atoms with Crippen LogP contribution in [-0.4, -0.2) is 29.6 Å². The molecule has 0 atom stereocenters. The van der Waals surface area contributed by atoms with Crippen LogP contribution in [0, 0.1) is 17.5 Å². The van der Waals surface area contributed by atoms with Gasteiger partial charge in [0.2, 0.25) is 0 Å². The van der Waals surface area contributed by atoms with Gasteiger partial charge in [0.05, 0.1) is 5.60 Å². The van der Waals surface area contributed by atoms with E-state index < -0.39 is 5.60 Å². The fourth-order valence-corrected chi connectivity index (χ4v) is 4.42. The fraction of sp³-hybridized carbons (Fsp3) is 0.333. The lowest BCUT2D eigenvalue weighted by Gasteiger charge is -2.38. The third-order valence-electron chi connectivity index (χ3n) is 6.45. The third-order valence-corrected chi connectivity index (χ3v) is 6.45. The number of rotatable bonds is 7. The molecule has 1 aliphatic heterocycles. The molecule has 3 aromatic rings. The Morgan fingerprint density at radius 2 is 1.41 bits per heavy atom. The van der Waals surface area contributed by atoms with E-state index >= 15 is 0 Å². The van der Waals surface area contributed by atoms with Gasteiger partial charge in [-0.2, -0.15) is 0 Å². The standard InChI is InChI=1S/C27H28F3NO/c28-23-9-4-20(5-10-23)3-1-2-16-31-17-14-27(32,15-18-31)22-8-13-26(30)25(19-22)21-6-11-24(29)12-7-21/h4-13,19,32H,1-3,14-18H2. The number of nitrogens with zero attached hydrogens (tertiary/aromatic N) is 1. The lowest BCUT2D eigenvalue weighted by Crippen LogP contribution is -2.42. The predicted molar refractivity (Wildman–Crippen MR) is 121 cm³/mol. The average molecular weight is 440 g/mol. The first kappa shape index (κ1) is 22.6. The molecule has 32 heavy (non-hydrogen) atoms. The van der Waals surface area contributed by atoms with E-state index in [1.807, 2.05) is 12.1 Å². The molecule has 0 unspecified atom stereocenters. The van der Waals surface area contributed by atoms with Crippen molar-refractivity contribution in [3.05, 3.63) is 95.3 Å². The summed E-state index contributed by atoms with van der Waals surface area (Å²) in [7, 11) is 0. The second-order valence-electron chi connectivity index (χ2n) is 8.66. The van der Waals surface area contributed by atoms with E-state index in [1.165, 1.54) is 30.3 Å². The highest BCUT2D eigenvalue weighted by atomic mass is 19.1. The van der Waals surface area contributed by atoms with Gasteiger partial charge in [-0.3, -0.25) is 0 Å². The van der Waals surface area contributed by atoms with Crippen LogP contribution in [0.15, 0.2) is 66.7 Å². The molecule has 0 spiro atoms. The average Bonchev–Trinajstić information content (AvgIpc) is 2.80. The fourth-order valence-electron chi connectivity index (χ4n) is 4.42. The zero-order valence-electron chi connectivity index (χ0n) is 18.0. The Morgan fingerprint density at radius 1 is 0.781 bits per heavy atom. The molecule has 2 nitrogen and oxygen atoms in total. The molecule has 0 aromatic heterocycles. The van der Waals surface area contributed by atoms with Gasteiger partial charge < -0.3 is 10.0 Å². The molecular formula is C27H28F3NO. The molecule has 0 radical (unpaired) electrons. The van der Waals surface area contributed by atoms with Crippen molar-refractivity contribution in [1.29, 1.82) is 0 Å². The van der Waals surface area contributed by atoms with Crippen LogP contribution in [0.5, 0.6) is 0 Å². The minimum atomic E-state index is -0.993. The molecule has 0 saturated carbocycles. The minimum Gasteiger partial charge on any atom is -0.385 e. The van der Waals surface area contributed by atoms with Crippen molar-refractivity contribution < 1.29 is 18.3 Å². The smallest absolute Gasteiger partial charge is 0.131 e. The maximum Gasteiger partial charge on any atom is 0.131 e. The molecule has 0 aliphatic carbocycles. The second kappa shape index (κ2) is 9.88. The monoisotopic (exact) mass is 439 g/mol. The maximum atomic E-state index is 14.4. The van der Waals surface area contributed by atoms with E-state index in [0.29, 0.717) is 29.5 Å². The van der Waals surface area contributed by atoms with E-state index in [1.54, 1.807) is 24.3 Å². The van der Waals surface area contributed by atoms with Crippen molar-refractivity contribution in [3.8, 4) is 11.1 Å². The van der Waals surface area contributed by atoms with Gasteiger partial charge in [-0.15, -0.1) is 0 Å². The molecule has 4 rings (SSSR count). The lowest BCUT2D eigenvalue weighted by atomic mass is 9.83. The summed E-state index contributed by atoms with van der Waals surface area (Å²) in [6.45, 7) is 2.51. The molecule has 1 fully saturated rings. The Bertz CT molecular complexity index is 1030. The molecule has 0 amide bonds. The van der Waals surface area contributed by atoms with Gasteiger partial charge in [-0.05, 0) is 91.7 Å². The maximum absolute atomic E-state index is 14.4. The van der Waals surface area contributed by atoms with Gasteiger partial charge in [-0.1, -0.05) is 30.3 Å². The summed E-state index contributed by atoms with van der Waals surface area (Å²) in [6.07, 6.45) is 4.17. The number of aliphatic hydroxyl groups is 1. The molecule has 1 N–H and O–H groups in total. The lowest BCUT2D eigenvalue weighted by molar-refractivity contribution is -0.0260. The van der Waals surface area contributed by atoms with Crippen molar-refractivity contribution >= 4 is 0 Å². The first-order chi connectivity index (χ1) is 15.4. The third kappa shape index (κ3) is 5.40. The summed E-state index contributed by atoms with van der Waals surface area (Å²) in [4.78, 5) is 2.35. The normalized spacial score (nSPS) is 16.2. The zero-order chi connectivity index (χ0) is 22.6. The van der Waals surface area contributed by atoms with Gasteiger partial charge in [0, 0.05) is 18.7 Å². The zero-order valence-corrected chi connectivity index (χ0v) is 18.0. The van der Waals surface area contributed by atoms with E-state index in [9.17, 15) is 18.3 Å². The molecule has 1 saturated heterocycles. The van der Waals surface area contributed by atoms with Gasteiger partial charge >= 0.3 is 0 Å². The second-order valence-corrected chi connectivity index (χ2v) is 8.66. The van der Waals surface area contributed by atoms with Crippen LogP contribution in [0.3, 0.4) is 0 Å². The Balaban J connectivity index is 1.32. The molecule has 1 aliphatic rings. The highest BCUT2D eigenvalue weighted by Crippen LogP contribution is 2.36. The molecule has 0 bridgehead atoms. The summed E-state index contributed by atoms with van der Waals surface area (Å²) in [5.74, 6) is -0.961. The number of benzene rings is 3. The number of hydrogen-bond acceptors (Lipinski definition) is 2. The summed E-state index contributed by atoms with van der Waals surface area (Å²) >= 11 is 0. The van der Waals surface area contributed by atoms with Crippen molar-refractivity contribution in [2.75, 3.05) is 19.6 Å². The largest absolute Gasteiger partial charge is 0.385 e.